The van der Waals surface area contributed by atoms with Gasteiger partial charge in [-0.2, -0.15) is 0 Å². The Labute approximate surface area is 53.4 Å². The van der Waals surface area contributed by atoms with E-state index in [0.717, 1.165) is 6.61 Å². The first-order valence-corrected chi connectivity index (χ1v) is 2.60. The van der Waals surface area contributed by atoms with Gasteiger partial charge in [0.15, 0.2) is 0 Å². The van der Waals surface area contributed by atoms with Crippen LogP contribution in [0.4, 0.5) is 0 Å². The number of rotatable bonds is 1. The van der Waals surface area contributed by atoms with E-state index in [9.17, 15) is 0 Å². The van der Waals surface area contributed by atoms with Crippen molar-refractivity contribution in [3.05, 3.63) is 36.4 Å². The molecule has 1 aromatic carbocycles. The van der Waals surface area contributed by atoms with E-state index >= 15 is 0 Å². The summed E-state index contributed by atoms with van der Waals surface area (Å²) in [7, 11) is 0. The summed E-state index contributed by atoms with van der Waals surface area (Å²) in [6, 6.07) is 6.57. The molecule has 0 saturated heterocycles. The Bertz CT molecular complexity index is 196. The first-order valence-electron chi connectivity index (χ1n) is 2.60. The van der Waals surface area contributed by atoms with E-state index in [1.807, 2.05) is 0 Å². The first-order chi connectivity index (χ1) is 4.34. The molecule has 1 aromatic rings. The molecule has 0 fully saturated rings. The van der Waals surface area contributed by atoms with Gasteiger partial charge in [0.2, 0.25) is 0 Å². The third kappa shape index (κ3) is 1.21. The minimum atomic E-state index is 0.0972. The fraction of sp³-hybridized carbons (Fsp3) is 0. The Morgan fingerprint density at radius 2 is 1.89 bits per heavy atom. The fourth-order valence-corrected chi connectivity index (χ4v) is 0.597. The molecular weight excluding hydrogens is 116 g/mol. The summed E-state index contributed by atoms with van der Waals surface area (Å²) in [5.74, 6) is 0.0972. The molecule has 0 aliphatic carbocycles. The Morgan fingerprint density at radius 3 is 2.33 bits per heavy atom. The van der Waals surface area contributed by atoms with Gasteiger partial charge in [-0.1, -0.05) is 18.2 Å². The SMILES string of the molecule is O[CH]c1ccccc1O. The highest BCUT2D eigenvalue weighted by molar-refractivity contribution is 5.35. The van der Waals surface area contributed by atoms with Gasteiger partial charge in [-0.3, -0.25) is 0 Å². The summed E-state index contributed by atoms with van der Waals surface area (Å²) in [5.41, 5.74) is 0.442. The monoisotopic (exact) mass is 123 g/mol. The molecule has 0 unspecified atom stereocenters. The number of hydrogen-bond acceptors (Lipinski definition) is 2. The van der Waals surface area contributed by atoms with Gasteiger partial charge in [-0.25, -0.2) is 0 Å². The van der Waals surface area contributed by atoms with Crippen molar-refractivity contribution in [3.63, 3.8) is 0 Å². The smallest absolute Gasteiger partial charge is 0.121 e. The second kappa shape index (κ2) is 2.51. The number of hydrogen-bond donors (Lipinski definition) is 2. The summed E-state index contributed by atoms with van der Waals surface area (Å²) in [5, 5.41) is 17.4. The maximum atomic E-state index is 8.92. The Kier molecular flexibility index (Phi) is 1.70. The van der Waals surface area contributed by atoms with Crippen LogP contribution in [0.1, 0.15) is 5.56 Å². The predicted molar refractivity (Wildman–Crippen MR) is 33.4 cm³/mol. The van der Waals surface area contributed by atoms with Gasteiger partial charge in [0.25, 0.3) is 0 Å². The van der Waals surface area contributed by atoms with Crippen molar-refractivity contribution < 1.29 is 10.2 Å². The predicted octanol–water partition coefficient (Wildman–Crippen LogP) is 1.27. The van der Waals surface area contributed by atoms with Crippen molar-refractivity contribution in [1.29, 1.82) is 0 Å². The molecule has 0 bridgehead atoms. The Morgan fingerprint density at radius 1 is 1.22 bits per heavy atom. The molecule has 2 heteroatoms. The molecule has 0 aliphatic rings. The number of aromatic hydroxyl groups is 1. The molecule has 1 radical (unpaired) electrons. The largest absolute Gasteiger partial charge is 0.508 e. The van der Waals surface area contributed by atoms with Crippen molar-refractivity contribution in [3.8, 4) is 5.75 Å². The van der Waals surface area contributed by atoms with E-state index in [-0.39, 0.29) is 5.75 Å². The maximum absolute atomic E-state index is 8.92. The molecule has 47 valence electrons. The summed E-state index contributed by atoms with van der Waals surface area (Å²) >= 11 is 0. The van der Waals surface area contributed by atoms with Crippen molar-refractivity contribution in [2.75, 3.05) is 0 Å². The number of benzene rings is 1. The zero-order valence-corrected chi connectivity index (χ0v) is 4.78. The van der Waals surface area contributed by atoms with Crippen LogP contribution < -0.4 is 0 Å². The lowest BCUT2D eigenvalue weighted by molar-refractivity contribution is 0.400. The molecule has 0 aromatic heterocycles. The number of aliphatic hydroxyl groups is 1. The third-order valence-corrected chi connectivity index (χ3v) is 1.08. The van der Waals surface area contributed by atoms with Crippen LogP contribution in [0.3, 0.4) is 0 Å². The quantitative estimate of drug-likeness (QED) is 0.590. The van der Waals surface area contributed by atoms with Crippen LogP contribution in [0.5, 0.6) is 5.75 Å². The highest BCUT2D eigenvalue weighted by atomic mass is 16.3. The third-order valence-electron chi connectivity index (χ3n) is 1.08. The van der Waals surface area contributed by atoms with Crippen LogP contribution in [0.25, 0.3) is 0 Å². The fourth-order valence-electron chi connectivity index (χ4n) is 0.597. The van der Waals surface area contributed by atoms with Crippen LogP contribution in [0, 0.1) is 6.61 Å². The number of aliphatic hydroxyl groups excluding tert-OH is 1. The average molecular weight is 123 g/mol. The summed E-state index contributed by atoms with van der Waals surface area (Å²) < 4.78 is 0. The van der Waals surface area contributed by atoms with Crippen LogP contribution in [-0.2, 0) is 0 Å². The molecule has 2 N–H and O–H groups in total. The minimum Gasteiger partial charge on any atom is -0.508 e. The van der Waals surface area contributed by atoms with Crippen LogP contribution in [0.2, 0.25) is 0 Å². The van der Waals surface area contributed by atoms with Gasteiger partial charge in [-0.15, -0.1) is 0 Å². The van der Waals surface area contributed by atoms with Gasteiger partial charge in [0.1, 0.15) is 12.4 Å². The summed E-state index contributed by atoms with van der Waals surface area (Å²) in [6.07, 6.45) is 0. The molecule has 0 saturated carbocycles. The lowest BCUT2D eigenvalue weighted by Crippen LogP contribution is -1.78. The van der Waals surface area contributed by atoms with Crippen LogP contribution in [0.15, 0.2) is 24.3 Å². The lowest BCUT2D eigenvalue weighted by Gasteiger charge is -1.95. The van der Waals surface area contributed by atoms with Gasteiger partial charge in [0, 0.05) is 5.56 Å². The maximum Gasteiger partial charge on any atom is 0.121 e. The van der Waals surface area contributed by atoms with Crippen molar-refractivity contribution >= 4 is 0 Å². The zero-order valence-electron chi connectivity index (χ0n) is 4.78. The molecular formula is C7H7O2. The molecule has 9 heavy (non-hydrogen) atoms. The van der Waals surface area contributed by atoms with Gasteiger partial charge in [-0.05, 0) is 6.07 Å². The molecule has 0 spiro atoms. The topological polar surface area (TPSA) is 40.5 Å². The number of para-hydroxylation sites is 1. The van der Waals surface area contributed by atoms with E-state index < -0.39 is 0 Å². The second-order valence-electron chi connectivity index (χ2n) is 1.69. The molecule has 0 atom stereocenters. The number of phenols is 1. The van der Waals surface area contributed by atoms with Gasteiger partial charge >= 0.3 is 0 Å². The van der Waals surface area contributed by atoms with E-state index in [2.05, 4.69) is 0 Å². The van der Waals surface area contributed by atoms with Crippen molar-refractivity contribution in [2.24, 2.45) is 0 Å². The van der Waals surface area contributed by atoms with E-state index in [0.29, 0.717) is 5.56 Å². The van der Waals surface area contributed by atoms with E-state index in [1.54, 1.807) is 18.2 Å². The van der Waals surface area contributed by atoms with E-state index in [4.69, 9.17) is 10.2 Å². The normalized spacial score (nSPS) is 9.44. The van der Waals surface area contributed by atoms with Crippen LogP contribution >= 0.6 is 0 Å². The summed E-state index contributed by atoms with van der Waals surface area (Å²) in [4.78, 5) is 0. The molecule has 2 nitrogen and oxygen atoms in total. The first kappa shape index (κ1) is 6.11. The minimum absolute atomic E-state index is 0.0972. The van der Waals surface area contributed by atoms with Crippen molar-refractivity contribution in [1.82, 2.24) is 0 Å². The Hall–Kier alpha value is -1.02. The highest BCUT2D eigenvalue weighted by Crippen LogP contribution is 2.15. The number of phenolic OH excluding ortho intramolecular Hbond substituents is 1. The molecule has 0 heterocycles. The van der Waals surface area contributed by atoms with Crippen LogP contribution in [-0.4, -0.2) is 10.2 Å². The van der Waals surface area contributed by atoms with E-state index in [1.165, 1.54) is 6.07 Å². The van der Waals surface area contributed by atoms with Gasteiger partial charge < -0.3 is 10.2 Å². The molecule has 1 rings (SSSR count). The Balaban J connectivity index is 3.01. The summed E-state index contributed by atoms with van der Waals surface area (Å²) in [6.45, 7) is 0.870. The standard InChI is InChI=1S/C7H7O2/c8-5-6-3-1-2-4-7(6)9/h1-5,8-9H. The van der Waals surface area contributed by atoms with Crippen molar-refractivity contribution in [2.45, 2.75) is 0 Å². The molecule has 0 amide bonds. The lowest BCUT2D eigenvalue weighted by atomic mass is 10.2. The zero-order chi connectivity index (χ0) is 6.69. The highest BCUT2D eigenvalue weighted by Gasteiger charge is 1.94. The second-order valence-corrected chi connectivity index (χ2v) is 1.69. The molecule has 0 aliphatic heterocycles. The average Bonchev–Trinajstić information content (AvgIpc) is 1.89. The van der Waals surface area contributed by atoms with Gasteiger partial charge in [0.05, 0.1) is 0 Å².